The summed E-state index contributed by atoms with van der Waals surface area (Å²) in [6.45, 7) is 2.00. The van der Waals surface area contributed by atoms with E-state index in [0.29, 0.717) is 17.2 Å². The summed E-state index contributed by atoms with van der Waals surface area (Å²) in [7, 11) is 0. The van der Waals surface area contributed by atoms with Gasteiger partial charge in [0.2, 0.25) is 0 Å². The average Bonchev–Trinajstić information content (AvgIpc) is 3.00. The first-order chi connectivity index (χ1) is 13.1. The van der Waals surface area contributed by atoms with Crippen LogP contribution in [0.15, 0.2) is 83.7 Å². The Bertz CT molecular complexity index is 1050. The number of amidine groups is 1. The van der Waals surface area contributed by atoms with E-state index in [2.05, 4.69) is 9.98 Å². The number of aliphatic imine (C=N–C) groups is 1. The van der Waals surface area contributed by atoms with Crippen LogP contribution in [0.25, 0.3) is 6.08 Å². The van der Waals surface area contributed by atoms with Gasteiger partial charge in [-0.3, -0.25) is 14.7 Å². The Hall–Kier alpha value is -3.73. The molecule has 5 heteroatoms. The van der Waals surface area contributed by atoms with Crippen LogP contribution < -0.4 is 4.90 Å². The van der Waals surface area contributed by atoms with Crippen molar-refractivity contribution >= 4 is 23.5 Å². The number of aryl methyl sites for hydroxylation is 1. The lowest BCUT2D eigenvalue weighted by Crippen LogP contribution is -2.32. The zero-order valence-electron chi connectivity index (χ0n) is 14.7. The Labute approximate surface area is 157 Å². The van der Waals surface area contributed by atoms with Crippen LogP contribution >= 0.6 is 0 Å². The molecule has 5 nitrogen and oxygen atoms in total. The molecule has 0 spiro atoms. The molecule has 0 saturated carbocycles. The Morgan fingerprint density at radius 3 is 2.44 bits per heavy atom. The highest BCUT2D eigenvalue weighted by molar-refractivity contribution is 6.33. The van der Waals surface area contributed by atoms with Crippen molar-refractivity contribution in [1.29, 1.82) is 0 Å². The Kier molecular flexibility index (Phi) is 4.26. The fourth-order valence-corrected chi connectivity index (χ4v) is 2.95. The SMILES string of the molecule is Cc1cccc(C2=N/C(=C/c3ccncc3)C(=O)N2c2ccc(O)cc2)c1. The summed E-state index contributed by atoms with van der Waals surface area (Å²) in [5.41, 5.74) is 3.80. The number of benzene rings is 2. The van der Waals surface area contributed by atoms with E-state index in [4.69, 9.17) is 0 Å². The minimum absolute atomic E-state index is 0.145. The standard InChI is InChI=1S/C22H17N3O2/c1-15-3-2-4-17(13-15)21-24-20(14-16-9-11-23-12-10-16)22(27)25(21)18-5-7-19(26)8-6-18/h2-14,26H,1H3/b20-14+. The molecular formula is C22H17N3O2. The van der Waals surface area contributed by atoms with Gasteiger partial charge in [-0.15, -0.1) is 0 Å². The van der Waals surface area contributed by atoms with Gasteiger partial charge in [-0.05, 0) is 61.0 Å². The van der Waals surface area contributed by atoms with E-state index in [9.17, 15) is 9.90 Å². The second-order valence-corrected chi connectivity index (χ2v) is 6.27. The number of carbonyl (C=O) groups excluding carboxylic acids is 1. The average molecular weight is 355 g/mol. The summed E-state index contributed by atoms with van der Waals surface area (Å²) < 4.78 is 0. The quantitative estimate of drug-likeness (QED) is 0.724. The Morgan fingerprint density at radius 2 is 1.74 bits per heavy atom. The highest BCUT2D eigenvalue weighted by atomic mass is 16.3. The van der Waals surface area contributed by atoms with Crippen molar-refractivity contribution in [1.82, 2.24) is 4.98 Å². The molecule has 0 unspecified atom stereocenters. The minimum atomic E-state index is -0.214. The van der Waals surface area contributed by atoms with Crippen molar-refractivity contribution in [2.75, 3.05) is 4.90 Å². The fraction of sp³-hybridized carbons (Fsp3) is 0.0455. The smallest absolute Gasteiger partial charge is 0.282 e. The molecule has 0 fully saturated rings. The van der Waals surface area contributed by atoms with E-state index in [1.54, 1.807) is 47.6 Å². The minimum Gasteiger partial charge on any atom is -0.508 e. The first kappa shape index (κ1) is 16.7. The number of amides is 1. The van der Waals surface area contributed by atoms with E-state index >= 15 is 0 Å². The molecule has 1 amide bonds. The summed E-state index contributed by atoms with van der Waals surface area (Å²) in [6, 6.07) is 18.0. The number of aromatic nitrogens is 1. The maximum Gasteiger partial charge on any atom is 0.282 e. The zero-order chi connectivity index (χ0) is 18.8. The van der Waals surface area contributed by atoms with E-state index in [1.165, 1.54) is 0 Å². The highest BCUT2D eigenvalue weighted by Crippen LogP contribution is 2.29. The van der Waals surface area contributed by atoms with Crippen LogP contribution in [0.3, 0.4) is 0 Å². The predicted octanol–water partition coefficient (Wildman–Crippen LogP) is 3.93. The van der Waals surface area contributed by atoms with Crippen LogP contribution in [0.5, 0.6) is 5.75 Å². The molecule has 4 rings (SSSR count). The van der Waals surface area contributed by atoms with Gasteiger partial charge in [0.1, 0.15) is 17.3 Å². The summed E-state index contributed by atoms with van der Waals surface area (Å²) >= 11 is 0. The van der Waals surface area contributed by atoms with Gasteiger partial charge >= 0.3 is 0 Å². The van der Waals surface area contributed by atoms with E-state index in [1.807, 2.05) is 43.3 Å². The summed E-state index contributed by atoms with van der Waals surface area (Å²) in [5, 5.41) is 9.58. The third-order valence-electron chi connectivity index (χ3n) is 4.25. The largest absolute Gasteiger partial charge is 0.508 e. The number of phenols is 1. The molecule has 2 aromatic carbocycles. The van der Waals surface area contributed by atoms with Crippen molar-refractivity contribution in [3.63, 3.8) is 0 Å². The number of hydrogen-bond acceptors (Lipinski definition) is 4. The summed E-state index contributed by atoms with van der Waals surface area (Å²) in [5.74, 6) is 0.496. The molecule has 2 heterocycles. The third kappa shape index (κ3) is 3.35. The number of phenolic OH excluding ortho intramolecular Hbond substituents is 1. The summed E-state index contributed by atoms with van der Waals surface area (Å²) in [4.78, 5) is 23.3. The van der Waals surface area contributed by atoms with Crippen LogP contribution in [0.2, 0.25) is 0 Å². The first-order valence-electron chi connectivity index (χ1n) is 8.53. The second-order valence-electron chi connectivity index (χ2n) is 6.27. The molecule has 1 N–H and O–H groups in total. The van der Waals surface area contributed by atoms with Gasteiger partial charge in [0.15, 0.2) is 0 Å². The maximum absolute atomic E-state index is 13.1. The molecule has 132 valence electrons. The van der Waals surface area contributed by atoms with Crippen molar-refractivity contribution in [3.8, 4) is 5.75 Å². The lowest BCUT2D eigenvalue weighted by Gasteiger charge is -2.18. The number of hydrogen-bond donors (Lipinski definition) is 1. The molecule has 0 atom stereocenters. The number of anilines is 1. The Balaban J connectivity index is 1.84. The molecule has 27 heavy (non-hydrogen) atoms. The third-order valence-corrected chi connectivity index (χ3v) is 4.25. The first-order valence-corrected chi connectivity index (χ1v) is 8.53. The number of carbonyl (C=O) groups is 1. The highest BCUT2D eigenvalue weighted by Gasteiger charge is 2.32. The van der Waals surface area contributed by atoms with Crippen LogP contribution in [0.4, 0.5) is 5.69 Å². The summed E-state index contributed by atoms with van der Waals surface area (Å²) in [6.07, 6.45) is 5.10. The molecule has 0 saturated heterocycles. The van der Waals surface area contributed by atoms with Crippen molar-refractivity contribution < 1.29 is 9.90 Å². The van der Waals surface area contributed by atoms with Crippen molar-refractivity contribution in [2.45, 2.75) is 6.92 Å². The van der Waals surface area contributed by atoms with Gasteiger partial charge < -0.3 is 5.11 Å². The van der Waals surface area contributed by atoms with E-state index < -0.39 is 0 Å². The van der Waals surface area contributed by atoms with Crippen molar-refractivity contribution in [3.05, 3.63) is 95.4 Å². The molecule has 0 aliphatic carbocycles. The normalized spacial score (nSPS) is 15.3. The fourth-order valence-electron chi connectivity index (χ4n) is 2.95. The van der Waals surface area contributed by atoms with E-state index in [-0.39, 0.29) is 11.7 Å². The van der Waals surface area contributed by atoms with Crippen LogP contribution in [-0.4, -0.2) is 21.8 Å². The number of rotatable bonds is 3. The van der Waals surface area contributed by atoms with Crippen LogP contribution in [0.1, 0.15) is 16.7 Å². The molecule has 0 bridgehead atoms. The van der Waals surface area contributed by atoms with Gasteiger partial charge in [-0.1, -0.05) is 23.8 Å². The number of pyridine rings is 1. The van der Waals surface area contributed by atoms with Crippen LogP contribution in [0, 0.1) is 6.92 Å². The molecule has 0 radical (unpaired) electrons. The molecule has 1 aromatic heterocycles. The molecular weight excluding hydrogens is 338 g/mol. The molecule has 1 aliphatic rings. The lowest BCUT2D eigenvalue weighted by atomic mass is 10.1. The van der Waals surface area contributed by atoms with Crippen LogP contribution in [-0.2, 0) is 4.79 Å². The monoisotopic (exact) mass is 355 g/mol. The predicted molar refractivity (Wildman–Crippen MR) is 106 cm³/mol. The van der Waals surface area contributed by atoms with Gasteiger partial charge in [-0.25, -0.2) is 4.99 Å². The lowest BCUT2D eigenvalue weighted by molar-refractivity contribution is -0.113. The second kappa shape index (κ2) is 6.88. The van der Waals surface area contributed by atoms with Gasteiger partial charge in [0.25, 0.3) is 5.91 Å². The topological polar surface area (TPSA) is 65.8 Å². The number of nitrogens with zero attached hydrogens (tertiary/aromatic N) is 3. The maximum atomic E-state index is 13.1. The van der Waals surface area contributed by atoms with Gasteiger partial charge in [-0.2, -0.15) is 0 Å². The van der Waals surface area contributed by atoms with Gasteiger partial charge in [0.05, 0.1) is 5.69 Å². The zero-order valence-corrected chi connectivity index (χ0v) is 14.7. The van der Waals surface area contributed by atoms with Gasteiger partial charge in [0, 0.05) is 18.0 Å². The molecule has 3 aromatic rings. The van der Waals surface area contributed by atoms with Crippen molar-refractivity contribution in [2.24, 2.45) is 4.99 Å². The number of aromatic hydroxyl groups is 1. The van der Waals surface area contributed by atoms with E-state index in [0.717, 1.165) is 16.7 Å². The Morgan fingerprint density at radius 1 is 1.00 bits per heavy atom. The molecule has 1 aliphatic heterocycles.